The molecule has 0 saturated carbocycles. The smallest absolute Gasteiger partial charge is 0.223 e. The second kappa shape index (κ2) is 4.81. The fourth-order valence-electron chi connectivity index (χ4n) is 2.33. The molecule has 0 bridgehead atoms. The van der Waals surface area contributed by atoms with Gasteiger partial charge in [-0.1, -0.05) is 5.16 Å². The van der Waals surface area contributed by atoms with Gasteiger partial charge >= 0.3 is 0 Å². The standard InChI is InChI=1S/C12H15N5O/c1-8-16-12(17-18-8)10-6-14-7-15-11(10)9-3-2-4-13-5-9/h6-7,9,13H,2-5H2,1H3/t9-/m0/s1. The number of nitrogens with one attached hydrogen (secondary N) is 1. The number of aromatic nitrogens is 4. The Morgan fingerprint density at radius 1 is 1.44 bits per heavy atom. The molecule has 0 spiro atoms. The Labute approximate surface area is 105 Å². The van der Waals surface area contributed by atoms with Gasteiger partial charge in [-0.05, 0) is 19.4 Å². The van der Waals surface area contributed by atoms with Crippen LogP contribution in [0.3, 0.4) is 0 Å². The van der Waals surface area contributed by atoms with Gasteiger partial charge in [0.15, 0.2) is 0 Å². The monoisotopic (exact) mass is 245 g/mol. The SMILES string of the molecule is Cc1nc(-c2cncnc2[C@H]2CCCNC2)no1. The lowest BCUT2D eigenvalue weighted by molar-refractivity contribution is 0.394. The molecule has 1 fully saturated rings. The second-order valence-corrected chi connectivity index (χ2v) is 4.50. The molecule has 0 amide bonds. The van der Waals surface area contributed by atoms with E-state index in [0.29, 0.717) is 17.6 Å². The lowest BCUT2D eigenvalue weighted by atomic mass is 9.93. The summed E-state index contributed by atoms with van der Waals surface area (Å²) in [5, 5.41) is 7.35. The van der Waals surface area contributed by atoms with Crippen LogP contribution in [0, 0.1) is 6.92 Å². The van der Waals surface area contributed by atoms with Gasteiger partial charge in [-0.25, -0.2) is 9.97 Å². The Bertz CT molecular complexity index is 533. The predicted molar refractivity (Wildman–Crippen MR) is 64.9 cm³/mol. The maximum absolute atomic E-state index is 5.03. The van der Waals surface area contributed by atoms with Crippen molar-refractivity contribution in [3.05, 3.63) is 24.1 Å². The van der Waals surface area contributed by atoms with E-state index >= 15 is 0 Å². The maximum Gasteiger partial charge on any atom is 0.223 e. The molecule has 2 aromatic rings. The minimum atomic E-state index is 0.399. The number of hydrogen-bond donors (Lipinski definition) is 1. The Hall–Kier alpha value is -1.82. The Kier molecular flexibility index (Phi) is 3.02. The molecule has 1 saturated heterocycles. The fraction of sp³-hybridized carbons (Fsp3) is 0.500. The van der Waals surface area contributed by atoms with Crippen molar-refractivity contribution in [3.8, 4) is 11.4 Å². The van der Waals surface area contributed by atoms with E-state index < -0.39 is 0 Å². The van der Waals surface area contributed by atoms with Gasteiger partial charge < -0.3 is 9.84 Å². The molecule has 1 atom stereocenters. The molecule has 6 nitrogen and oxygen atoms in total. The average Bonchev–Trinajstić information content (AvgIpc) is 2.86. The summed E-state index contributed by atoms with van der Waals surface area (Å²) in [6.07, 6.45) is 5.65. The normalized spacial score (nSPS) is 19.9. The van der Waals surface area contributed by atoms with Crippen LogP contribution < -0.4 is 5.32 Å². The van der Waals surface area contributed by atoms with E-state index in [9.17, 15) is 0 Å². The van der Waals surface area contributed by atoms with Crippen molar-refractivity contribution in [2.75, 3.05) is 13.1 Å². The zero-order chi connectivity index (χ0) is 12.4. The summed E-state index contributed by atoms with van der Waals surface area (Å²) in [6.45, 7) is 3.81. The number of piperidine rings is 1. The van der Waals surface area contributed by atoms with Crippen LogP contribution in [0.4, 0.5) is 0 Å². The molecule has 2 aromatic heterocycles. The minimum Gasteiger partial charge on any atom is -0.339 e. The molecule has 0 unspecified atom stereocenters. The fourth-order valence-corrected chi connectivity index (χ4v) is 2.33. The number of rotatable bonds is 2. The number of aryl methyl sites for hydroxylation is 1. The van der Waals surface area contributed by atoms with Crippen molar-refractivity contribution in [2.45, 2.75) is 25.7 Å². The van der Waals surface area contributed by atoms with E-state index in [2.05, 4.69) is 25.4 Å². The predicted octanol–water partition coefficient (Wildman–Crippen LogP) is 1.30. The Morgan fingerprint density at radius 2 is 2.39 bits per heavy atom. The molecule has 94 valence electrons. The minimum absolute atomic E-state index is 0.399. The number of nitrogens with zero attached hydrogens (tertiary/aromatic N) is 4. The average molecular weight is 245 g/mol. The summed E-state index contributed by atoms with van der Waals surface area (Å²) in [6, 6.07) is 0. The largest absolute Gasteiger partial charge is 0.339 e. The summed E-state index contributed by atoms with van der Waals surface area (Å²) in [4.78, 5) is 12.7. The quantitative estimate of drug-likeness (QED) is 0.859. The molecule has 1 aliphatic rings. The van der Waals surface area contributed by atoms with E-state index in [4.69, 9.17) is 4.52 Å². The van der Waals surface area contributed by atoms with Gasteiger partial charge in [0, 0.05) is 25.6 Å². The third-order valence-electron chi connectivity index (χ3n) is 3.20. The van der Waals surface area contributed by atoms with Crippen molar-refractivity contribution in [2.24, 2.45) is 0 Å². The van der Waals surface area contributed by atoms with Gasteiger partial charge in [-0.15, -0.1) is 0 Å². The molecule has 0 aliphatic carbocycles. The van der Waals surface area contributed by atoms with Crippen LogP contribution in [-0.2, 0) is 0 Å². The highest BCUT2D eigenvalue weighted by molar-refractivity contribution is 5.57. The summed E-state index contributed by atoms with van der Waals surface area (Å²) < 4.78 is 5.03. The second-order valence-electron chi connectivity index (χ2n) is 4.50. The van der Waals surface area contributed by atoms with Crippen molar-refractivity contribution in [3.63, 3.8) is 0 Å². The molecule has 0 aromatic carbocycles. The highest BCUT2D eigenvalue weighted by atomic mass is 16.5. The van der Waals surface area contributed by atoms with Crippen LogP contribution in [0.25, 0.3) is 11.4 Å². The first kappa shape index (κ1) is 11.3. The summed E-state index contributed by atoms with van der Waals surface area (Å²) in [5.41, 5.74) is 1.89. The zero-order valence-corrected chi connectivity index (χ0v) is 10.3. The highest BCUT2D eigenvalue weighted by Crippen LogP contribution is 2.28. The highest BCUT2D eigenvalue weighted by Gasteiger charge is 2.22. The van der Waals surface area contributed by atoms with E-state index in [0.717, 1.165) is 30.8 Å². The molecule has 3 rings (SSSR count). The maximum atomic E-state index is 5.03. The molecular weight excluding hydrogens is 230 g/mol. The lowest BCUT2D eigenvalue weighted by Gasteiger charge is -2.23. The van der Waals surface area contributed by atoms with Gasteiger partial charge in [0.25, 0.3) is 0 Å². The number of hydrogen-bond acceptors (Lipinski definition) is 6. The van der Waals surface area contributed by atoms with E-state index in [1.807, 2.05) is 0 Å². The molecule has 18 heavy (non-hydrogen) atoms. The van der Waals surface area contributed by atoms with E-state index in [1.165, 1.54) is 6.42 Å². The Morgan fingerprint density at radius 3 is 3.11 bits per heavy atom. The summed E-state index contributed by atoms with van der Waals surface area (Å²) in [5.74, 6) is 1.53. The van der Waals surface area contributed by atoms with Gasteiger partial charge in [-0.3, -0.25) is 0 Å². The topological polar surface area (TPSA) is 76.7 Å². The molecular formula is C12H15N5O. The van der Waals surface area contributed by atoms with Gasteiger partial charge in [0.2, 0.25) is 11.7 Å². The van der Waals surface area contributed by atoms with Gasteiger partial charge in [-0.2, -0.15) is 4.98 Å². The molecule has 1 N–H and O–H groups in total. The van der Waals surface area contributed by atoms with Crippen LogP contribution in [0.1, 0.15) is 30.3 Å². The third kappa shape index (κ3) is 2.11. The van der Waals surface area contributed by atoms with Crippen LogP contribution >= 0.6 is 0 Å². The van der Waals surface area contributed by atoms with Crippen molar-refractivity contribution in [1.82, 2.24) is 25.4 Å². The lowest BCUT2D eigenvalue weighted by Crippen LogP contribution is -2.29. The van der Waals surface area contributed by atoms with E-state index in [1.54, 1.807) is 19.4 Å². The van der Waals surface area contributed by atoms with Crippen molar-refractivity contribution >= 4 is 0 Å². The van der Waals surface area contributed by atoms with Crippen LogP contribution in [-0.4, -0.2) is 33.2 Å². The summed E-state index contributed by atoms with van der Waals surface area (Å²) >= 11 is 0. The summed E-state index contributed by atoms with van der Waals surface area (Å²) in [7, 11) is 0. The van der Waals surface area contributed by atoms with Crippen molar-refractivity contribution < 1.29 is 4.52 Å². The molecule has 6 heteroatoms. The first-order valence-electron chi connectivity index (χ1n) is 6.16. The first-order valence-corrected chi connectivity index (χ1v) is 6.16. The Balaban J connectivity index is 1.99. The third-order valence-corrected chi connectivity index (χ3v) is 3.20. The van der Waals surface area contributed by atoms with Crippen molar-refractivity contribution in [1.29, 1.82) is 0 Å². The zero-order valence-electron chi connectivity index (χ0n) is 10.3. The molecule has 0 radical (unpaired) electrons. The van der Waals surface area contributed by atoms with E-state index in [-0.39, 0.29) is 0 Å². The van der Waals surface area contributed by atoms with Crippen LogP contribution in [0.15, 0.2) is 17.0 Å². The van der Waals surface area contributed by atoms with Crippen LogP contribution in [0.2, 0.25) is 0 Å². The first-order chi connectivity index (χ1) is 8.84. The molecule has 3 heterocycles. The molecule has 1 aliphatic heterocycles. The van der Waals surface area contributed by atoms with Gasteiger partial charge in [0.05, 0.1) is 11.3 Å². The van der Waals surface area contributed by atoms with Crippen LogP contribution in [0.5, 0.6) is 0 Å². The van der Waals surface area contributed by atoms with Gasteiger partial charge in [0.1, 0.15) is 6.33 Å².